The maximum absolute atomic E-state index is 12.3. The molecule has 0 saturated carbocycles. The molecule has 0 saturated heterocycles. The molecule has 3 rings (SSSR count). The smallest absolute Gasteiger partial charge is 0.230 e. The second kappa shape index (κ2) is 8.19. The van der Waals surface area contributed by atoms with Gasteiger partial charge in [-0.05, 0) is 55.7 Å². The number of carbonyl (C=O) groups excluding carboxylic acids is 1. The van der Waals surface area contributed by atoms with E-state index in [0.717, 1.165) is 16.4 Å². The Morgan fingerprint density at radius 2 is 1.96 bits per heavy atom. The van der Waals surface area contributed by atoms with E-state index in [9.17, 15) is 4.79 Å². The number of amides is 1. The van der Waals surface area contributed by atoms with Crippen LogP contribution in [0.3, 0.4) is 0 Å². The molecule has 0 aliphatic carbocycles. The monoisotopic (exact) mass is 366 g/mol. The molecule has 0 aliphatic heterocycles. The summed E-state index contributed by atoms with van der Waals surface area (Å²) < 4.78 is 2.03. The molecule has 0 fully saturated rings. The number of rotatable bonds is 6. The number of aryl methyl sites for hydroxylation is 2. The summed E-state index contributed by atoms with van der Waals surface area (Å²) in [5, 5.41) is 3.82. The van der Waals surface area contributed by atoms with E-state index in [1.165, 1.54) is 22.9 Å². The topological polar surface area (TPSA) is 59.8 Å². The van der Waals surface area contributed by atoms with Gasteiger partial charge in [-0.25, -0.2) is 4.98 Å². The normalized spacial score (nSPS) is 12.0. The van der Waals surface area contributed by atoms with Gasteiger partial charge in [-0.3, -0.25) is 14.3 Å². The number of thioether (sulfide) groups is 1. The van der Waals surface area contributed by atoms with Crippen LogP contribution in [0.2, 0.25) is 0 Å². The predicted octanol–water partition coefficient (Wildman–Crippen LogP) is 3.85. The van der Waals surface area contributed by atoms with E-state index in [-0.39, 0.29) is 11.9 Å². The molecule has 0 spiro atoms. The van der Waals surface area contributed by atoms with Crippen molar-refractivity contribution in [2.24, 2.45) is 0 Å². The third-order valence-corrected chi connectivity index (χ3v) is 5.11. The highest BCUT2D eigenvalue weighted by Crippen LogP contribution is 2.23. The lowest BCUT2D eigenvalue weighted by atomic mass is 10.1. The molecular weight excluding hydrogens is 344 g/mol. The van der Waals surface area contributed by atoms with Crippen LogP contribution in [-0.2, 0) is 4.79 Å². The largest absolute Gasteiger partial charge is 0.349 e. The van der Waals surface area contributed by atoms with Gasteiger partial charge in [-0.2, -0.15) is 0 Å². The molecule has 0 aliphatic rings. The van der Waals surface area contributed by atoms with Crippen molar-refractivity contribution in [3.8, 4) is 5.69 Å². The molecule has 1 atom stereocenters. The van der Waals surface area contributed by atoms with Crippen LogP contribution in [0.4, 0.5) is 0 Å². The number of hydrogen-bond donors (Lipinski definition) is 1. The fraction of sp³-hybridized carbons (Fsp3) is 0.250. The molecule has 26 heavy (non-hydrogen) atoms. The van der Waals surface area contributed by atoms with Crippen molar-refractivity contribution in [3.63, 3.8) is 0 Å². The van der Waals surface area contributed by atoms with Crippen molar-refractivity contribution < 1.29 is 4.79 Å². The van der Waals surface area contributed by atoms with Gasteiger partial charge >= 0.3 is 0 Å². The Morgan fingerprint density at radius 3 is 2.73 bits per heavy atom. The molecule has 1 aromatic carbocycles. The van der Waals surface area contributed by atoms with Crippen LogP contribution in [0.15, 0.2) is 60.3 Å². The molecule has 1 amide bonds. The molecular formula is C20H22N4OS. The average molecular weight is 366 g/mol. The summed E-state index contributed by atoms with van der Waals surface area (Å²) in [6.07, 6.45) is 7.16. The second-order valence-electron chi connectivity index (χ2n) is 6.23. The number of carbonyl (C=O) groups is 1. The van der Waals surface area contributed by atoms with E-state index in [4.69, 9.17) is 0 Å². The lowest BCUT2D eigenvalue weighted by molar-refractivity contribution is -0.119. The highest BCUT2D eigenvalue weighted by Gasteiger charge is 2.13. The number of benzene rings is 1. The number of nitrogens with zero attached hydrogens (tertiary/aromatic N) is 3. The Hall–Kier alpha value is -2.60. The van der Waals surface area contributed by atoms with Gasteiger partial charge < -0.3 is 5.32 Å². The van der Waals surface area contributed by atoms with Crippen molar-refractivity contribution in [2.75, 3.05) is 5.75 Å². The molecule has 2 heterocycles. The number of imidazole rings is 1. The van der Waals surface area contributed by atoms with Crippen LogP contribution in [-0.4, -0.2) is 26.2 Å². The first-order chi connectivity index (χ1) is 12.5. The Bertz CT molecular complexity index is 892. The van der Waals surface area contributed by atoms with Crippen LogP contribution in [0, 0.1) is 13.8 Å². The summed E-state index contributed by atoms with van der Waals surface area (Å²) in [5.74, 6) is 0.298. The predicted molar refractivity (Wildman–Crippen MR) is 105 cm³/mol. The molecule has 0 radical (unpaired) electrons. The number of pyridine rings is 1. The fourth-order valence-electron chi connectivity index (χ4n) is 2.71. The number of hydrogen-bond acceptors (Lipinski definition) is 4. The molecule has 1 N–H and O–H groups in total. The number of nitrogens with one attached hydrogen (secondary N) is 1. The van der Waals surface area contributed by atoms with Crippen molar-refractivity contribution in [1.82, 2.24) is 19.9 Å². The van der Waals surface area contributed by atoms with E-state index >= 15 is 0 Å². The third-order valence-electron chi connectivity index (χ3n) is 4.15. The first-order valence-corrected chi connectivity index (χ1v) is 9.46. The lowest BCUT2D eigenvalue weighted by Gasteiger charge is -2.14. The van der Waals surface area contributed by atoms with Crippen molar-refractivity contribution in [3.05, 3.63) is 71.8 Å². The van der Waals surface area contributed by atoms with Gasteiger partial charge in [0, 0.05) is 24.8 Å². The van der Waals surface area contributed by atoms with E-state index < -0.39 is 0 Å². The summed E-state index contributed by atoms with van der Waals surface area (Å²) in [5.41, 5.74) is 4.50. The van der Waals surface area contributed by atoms with Gasteiger partial charge in [-0.1, -0.05) is 23.9 Å². The van der Waals surface area contributed by atoms with Gasteiger partial charge in [0.05, 0.1) is 17.5 Å². The van der Waals surface area contributed by atoms with Crippen molar-refractivity contribution in [1.29, 1.82) is 0 Å². The van der Waals surface area contributed by atoms with Crippen LogP contribution >= 0.6 is 11.8 Å². The third kappa shape index (κ3) is 4.32. The minimum atomic E-state index is -0.0511. The summed E-state index contributed by atoms with van der Waals surface area (Å²) in [7, 11) is 0. The van der Waals surface area contributed by atoms with Gasteiger partial charge in [0.1, 0.15) is 0 Å². The van der Waals surface area contributed by atoms with E-state index in [0.29, 0.717) is 5.75 Å². The summed E-state index contributed by atoms with van der Waals surface area (Å²) >= 11 is 1.44. The molecule has 2 aromatic heterocycles. The summed E-state index contributed by atoms with van der Waals surface area (Å²) in [6.45, 7) is 6.11. The van der Waals surface area contributed by atoms with Crippen LogP contribution in [0.25, 0.3) is 5.69 Å². The van der Waals surface area contributed by atoms with Crippen molar-refractivity contribution >= 4 is 17.7 Å². The number of aromatic nitrogens is 3. The van der Waals surface area contributed by atoms with E-state index in [1.54, 1.807) is 18.6 Å². The average Bonchev–Trinajstić information content (AvgIpc) is 3.11. The summed E-state index contributed by atoms with van der Waals surface area (Å²) in [6, 6.07) is 10.1. The molecule has 0 bridgehead atoms. The first kappa shape index (κ1) is 18.2. The Balaban J connectivity index is 1.65. The Labute approximate surface area is 157 Å². The quantitative estimate of drug-likeness (QED) is 0.673. The van der Waals surface area contributed by atoms with Crippen LogP contribution < -0.4 is 5.32 Å². The van der Waals surface area contributed by atoms with Crippen molar-refractivity contribution in [2.45, 2.75) is 32.0 Å². The van der Waals surface area contributed by atoms with E-state index in [2.05, 4.69) is 47.3 Å². The van der Waals surface area contributed by atoms with Crippen LogP contribution in [0.5, 0.6) is 0 Å². The lowest BCUT2D eigenvalue weighted by Crippen LogP contribution is -2.28. The molecule has 1 unspecified atom stereocenters. The maximum Gasteiger partial charge on any atom is 0.230 e. The van der Waals surface area contributed by atoms with Gasteiger partial charge in [0.25, 0.3) is 0 Å². The maximum atomic E-state index is 12.3. The Kier molecular flexibility index (Phi) is 5.73. The van der Waals surface area contributed by atoms with Gasteiger partial charge in [0.2, 0.25) is 5.91 Å². The summed E-state index contributed by atoms with van der Waals surface area (Å²) in [4.78, 5) is 20.7. The molecule has 6 heteroatoms. The van der Waals surface area contributed by atoms with Gasteiger partial charge in [-0.15, -0.1) is 0 Å². The highest BCUT2D eigenvalue weighted by atomic mass is 32.2. The SMILES string of the molecule is Cc1ccc(C)c(-n2ccnc2SCC(=O)NC(C)c2ccncc2)c1. The van der Waals surface area contributed by atoms with Crippen LogP contribution in [0.1, 0.15) is 29.7 Å². The minimum absolute atomic E-state index is 0.0187. The standard InChI is InChI=1S/C20H22N4OS/c1-14-4-5-15(2)18(12-14)24-11-10-22-20(24)26-13-19(25)23-16(3)17-6-8-21-9-7-17/h4-12,16H,13H2,1-3H3,(H,23,25). The Morgan fingerprint density at radius 1 is 1.19 bits per heavy atom. The van der Waals surface area contributed by atoms with E-state index in [1.807, 2.05) is 29.8 Å². The fourth-order valence-corrected chi connectivity index (χ4v) is 3.48. The first-order valence-electron chi connectivity index (χ1n) is 8.47. The molecule has 3 aromatic rings. The van der Waals surface area contributed by atoms with Gasteiger partial charge in [0.15, 0.2) is 5.16 Å². The minimum Gasteiger partial charge on any atom is -0.349 e. The zero-order valence-corrected chi connectivity index (χ0v) is 16.0. The zero-order valence-electron chi connectivity index (χ0n) is 15.1. The molecule has 134 valence electrons. The zero-order chi connectivity index (χ0) is 18.5. The second-order valence-corrected chi connectivity index (χ2v) is 7.17. The molecule has 5 nitrogen and oxygen atoms in total. The highest BCUT2D eigenvalue weighted by molar-refractivity contribution is 7.99.